The highest BCUT2D eigenvalue weighted by atomic mass is 35.5. The van der Waals surface area contributed by atoms with Gasteiger partial charge in [0, 0.05) is 18.8 Å². The third kappa shape index (κ3) is 1.79. The topological polar surface area (TPSA) is 21.1 Å². The minimum absolute atomic E-state index is 0.512. The van der Waals surface area contributed by atoms with Gasteiger partial charge in [-0.3, -0.25) is 0 Å². The van der Waals surface area contributed by atoms with E-state index < -0.39 is 0 Å². The molecule has 1 aromatic heterocycles. The summed E-state index contributed by atoms with van der Waals surface area (Å²) in [5, 5.41) is 0.685. The maximum absolute atomic E-state index is 6.03. The van der Waals surface area contributed by atoms with E-state index in [0.29, 0.717) is 11.2 Å². The summed E-state index contributed by atoms with van der Waals surface area (Å²) in [6, 6.07) is 9.10. The minimum Gasteiger partial charge on any atom is -0.361 e. The Labute approximate surface area is 112 Å². The fourth-order valence-electron chi connectivity index (χ4n) is 2.59. The Morgan fingerprint density at radius 3 is 2.89 bits per heavy atom. The first kappa shape index (κ1) is 11.6. The van der Waals surface area contributed by atoms with Crippen LogP contribution in [-0.4, -0.2) is 15.6 Å². The average Bonchev–Trinajstić information content (AvgIpc) is 2.85. The second-order valence-electron chi connectivity index (χ2n) is 4.87. The summed E-state index contributed by atoms with van der Waals surface area (Å²) in [5.74, 6) is 1.00. The molecule has 1 aliphatic rings. The first-order chi connectivity index (χ1) is 8.66. The zero-order valence-corrected chi connectivity index (χ0v) is 11.4. The van der Waals surface area contributed by atoms with Crippen LogP contribution in [0.1, 0.15) is 18.3 Å². The molecule has 0 amide bonds. The normalized spacial score (nSPS) is 18.2. The zero-order valence-electron chi connectivity index (χ0n) is 10.6. The van der Waals surface area contributed by atoms with E-state index in [1.807, 2.05) is 11.6 Å². The van der Waals surface area contributed by atoms with Gasteiger partial charge in [0.25, 0.3) is 0 Å². The SMILES string of the molecule is C[C@H]1Cc2ccccc2N1Cc1ncc(Cl)n1C. The molecule has 2 aromatic rings. The molecule has 18 heavy (non-hydrogen) atoms. The first-order valence-corrected chi connectivity index (χ1v) is 6.55. The monoisotopic (exact) mass is 261 g/mol. The van der Waals surface area contributed by atoms with Crippen molar-refractivity contribution in [3.05, 3.63) is 47.0 Å². The number of imidazole rings is 1. The van der Waals surface area contributed by atoms with E-state index in [2.05, 4.69) is 41.1 Å². The molecule has 1 atom stereocenters. The van der Waals surface area contributed by atoms with Gasteiger partial charge in [0.1, 0.15) is 11.0 Å². The van der Waals surface area contributed by atoms with Crippen LogP contribution in [0.3, 0.4) is 0 Å². The lowest BCUT2D eigenvalue weighted by Crippen LogP contribution is -2.29. The van der Waals surface area contributed by atoms with Crippen LogP contribution in [0.15, 0.2) is 30.5 Å². The zero-order chi connectivity index (χ0) is 12.7. The number of aromatic nitrogens is 2. The summed E-state index contributed by atoms with van der Waals surface area (Å²) in [5.41, 5.74) is 2.74. The van der Waals surface area contributed by atoms with Crippen LogP contribution in [0.5, 0.6) is 0 Å². The van der Waals surface area contributed by atoms with Gasteiger partial charge in [-0.05, 0) is 25.0 Å². The Morgan fingerprint density at radius 2 is 2.17 bits per heavy atom. The summed E-state index contributed by atoms with van der Waals surface area (Å²) in [4.78, 5) is 6.77. The summed E-state index contributed by atoms with van der Waals surface area (Å²) in [7, 11) is 1.96. The van der Waals surface area contributed by atoms with Crippen molar-refractivity contribution in [2.75, 3.05) is 4.90 Å². The first-order valence-electron chi connectivity index (χ1n) is 6.17. The summed E-state index contributed by atoms with van der Waals surface area (Å²) in [6.07, 6.45) is 2.82. The van der Waals surface area contributed by atoms with Crippen LogP contribution < -0.4 is 4.90 Å². The Bertz CT molecular complexity index is 576. The maximum atomic E-state index is 6.03. The van der Waals surface area contributed by atoms with Crippen molar-refractivity contribution in [2.45, 2.75) is 25.9 Å². The molecule has 94 valence electrons. The molecule has 3 rings (SSSR count). The molecule has 0 radical (unpaired) electrons. The molecule has 4 heteroatoms. The number of anilines is 1. The highest BCUT2D eigenvalue weighted by Crippen LogP contribution is 2.32. The second-order valence-corrected chi connectivity index (χ2v) is 5.25. The van der Waals surface area contributed by atoms with Crippen LogP contribution in [0.25, 0.3) is 0 Å². The highest BCUT2D eigenvalue weighted by Gasteiger charge is 2.26. The summed E-state index contributed by atoms with van der Waals surface area (Å²) >= 11 is 6.03. The van der Waals surface area contributed by atoms with Crippen molar-refractivity contribution in [1.82, 2.24) is 9.55 Å². The standard InChI is InChI=1S/C14H16ClN3/c1-10-7-11-5-3-4-6-12(11)18(10)9-14-16-8-13(15)17(14)2/h3-6,8,10H,7,9H2,1-2H3/t10-/m0/s1. The van der Waals surface area contributed by atoms with Crippen LogP contribution >= 0.6 is 11.6 Å². The third-order valence-electron chi connectivity index (χ3n) is 3.69. The van der Waals surface area contributed by atoms with Gasteiger partial charge in [0.2, 0.25) is 0 Å². The van der Waals surface area contributed by atoms with Crippen LogP contribution in [0.4, 0.5) is 5.69 Å². The Hall–Kier alpha value is -1.48. The molecule has 0 saturated carbocycles. The predicted octanol–water partition coefficient (Wildman–Crippen LogP) is 3.02. The van der Waals surface area contributed by atoms with Gasteiger partial charge in [-0.15, -0.1) is 0 Å². The van der Waals surface area contributed by atoms with Crippen molar-refractivity contribution in [1.29, 1.82) is 0 Å². The largest absolute Gasteiger partial charge is 0.361 e. The van der Waals surface area contributed by atoms with E-state index in [-0.39, 0.29) is 0 Å². The van der Waals surface area contributed by atoms with Gasteiger partial charge in [0.05, 0.1) is 12.7 Å². The molecule has 0 bridgehead atoms. The van der Waals surface area contributed by atoms with Crippen molar-refractivity contribution in [2.24, 2.45) is 7.05 Å². The molecule has 0 aliphatic carbocycles. The van der Waals surface area contributed by atoms with E-state index in [1.165, 1.54) is 11.3 Å². The van der Waals surface area contributed by atoms with Crippen molar-refractivity contribution < 1.29 is 0 Å². The molecular formula is C14H16ClN3. The van der Waals surface area contributed by atoms with Gasteiger partial charge in [0.15, 0.2) is 0 Å². The van der Waals surface area contributed by atoms with E-state index in [9.17, 15) is 0 Å². The van der Waals surface area contributed by atoms with Gasteiger partial charge < -0.3 is 9.47 Å². The Morgan fingerprint density at radius 1 is 1.39 bits per heavy atom. The number of hydrogen-bond donors (Lipinski definition) is 0. The molecule has 1 aliphatic heterocycles. The Balaban J connectivity index is 1.91. The lowest BCUT2D eigenvalue weighted by Gasteiger charge is -2.24. The van der Waals surface area contributed by atoms with Crippen molar-refractivity contribution in [3.8, 4) is 0 Å². The van der Waals surface area contributed by atoms with Crippen molar-refractivity contribution in [3.63, 3.8) is 0 Å². The molecular weight excluding hydrogens is 246 g/mol. The molecule has 2 heterocycles. The number of benzene rings is 1. The van der Waals surface area contributed by atoms with Crippen LogP contribution in [-0.2, 0) is 20.0 Å². The maximum Gasteiger partial charge on any atom is 0.129 e. The lowest BCUT2D eigenvalue weighted by molar-refractivity contribution is 0.640. The molecule has 0 unspecified atom stereocenters. The van der Waals surface area contributed by atoms with Crippen LogP contribution in [0.2, 0.25) is 5.15 Å². The summed E-state index contributed by atoms with van der Waals surface area (Å²) < 4.78 is 1.94. The number of hydrogen-bond acceptors (Lipinski definition) is 2. The van der Waals surface area contributed by atoms with E-state index in [4.69, 9.17) is 11.6 Å². The Kier molecular flexibility index (Phi) is 2.78. The minimum atomic E-state index is 0.512. The van der Waals surface area contributed by atoms with Gasteiger partial charge in [-0.2, -0.15) is 0 Å². The third-order valence-corrected chi connectivity index (χ3v) is 4.04. The van der Waals surface area contributed by atoms with E-state index in [1.54, 1.807) is 6.20 Å². The molecule has 3 nitrogen and oxygen atoms in total. The molecule has 0 spiro atoms. The lowest BCUT2D eigenvalue weighted by atomic mass is 10.1. The number of fused-ring (bicyclic) bond motifs is 1. The van der Waals surface area contributed by atoms with Crippen molar-refractivity contribution >= 4 is 17.3 Å². The fourth-order valence-corrected chi connectivity index (χ4v) is 2.74. The number of halogens is 1. The number of para-hydroxylation sites is 1. The van der Waals surface area contributed by atoms with Gasteiger partial charge >= 0.3 is 0 Å². The van der Waals surface area contributed by atoms with E-state index >= 15 is 0 Å². The van der Waals surface area contributed by atoms with Gasteiger partial charge in [-0.25, -0.2) is 4.98 Å². The molecule has 0 fully saturated rings. The van der Waals surface area contributed by atoms with Gasteiger partial charge in [-0.1, -0.05) is 29.8 Å². The number of nitrogens with zero attached hydrogens (tertiary/aromatic N) is 3. The highest BCUT2D eigenvalue weighted by molar-refractivity contribution is 6.29. The molecule has 0 N–H and O–H groups in total. The average molecular weight is 262 g/mol. The molecule has 1 aromatic carbocycles. The smallest absolute Gasteiger partial charge is 0.129 e. The van der Waals surface area contributed by atoms with Crippen LogP contribution in [0, 0.1) is 0 Å². The predicted molar refractivity (Wildman–Crippen MR) is 74.0 cm³/mol. The second kappa shape index (κ2) is 4.32. The quantitative estimate of drug-likeness (QED) is 0.829. The fraction of sp³-hybridized carbons (Fsp3) is 0.357. The molecule has 0 saturated heterocycles. The van der Waals surface area contributed by atoms with E-state index in [0.717, 1.165) is 18.8 Å². The summed E-state index contributed by atoms with van der Waals surface area (Å²) in [6.45, 7) is 3.06. The number of rotatable bonds is 2.